The maximum atomic E-state index is 11.6. The highest BCUT2D eigenvalue weighted by atomic mass is 32.1. The molecule has 0 radical (unpaired) electrons. The Balaban J connectivity index is 1.97. The number of ketones is 1. The van der Waals surface area contributed by atoms with Crippen molar-refractivity contribution in [3.05, 3.63) is 56.8 Å². The predicted octanol–water partition coefficient (Wildman–Crippen LogP) is 4.15. The molecule has 0 fully saturated rings. The first-order chi connectivity index (χ1) is 12.8. The van der Waals surface area contributed by atoms with Gasteiger partial charge in [-0.2, -0.15) is 0 Å². The van der Waals surface area contributed by atoms with Gasteiger partial charge >= 0.3 is 5.69 Å². The average Bonchev–Trinajstić information content (AvgIpc) is 2.92. The van der Waals surface area contributed by atoms with Crippen molar-refractivity contribution in [3.63, 3.8) is 0 Å². The van der Waals surface area contributed by atoms with Crippen molar-refractivity contribution < 1.29 is 9.72 Å². The summed E-state index contributed by atoms with van der Waals surface area (Å²) in [5.74, 6) is -0.0510. The van der Waals surface area contributed by atoms with Crippen LogP contribution in [0.25, 0.3) is 0 Å². The molecule has 2 heterocycles. The van der Waals surface area contributed by atoms with Crippen molar-refractivity contribution in [1.29, 1.82) is 0 Å². The van der Waals surface area contributed by atoms with Crippen LogP contribution in [0.5, 0.6) is 0 Å². The zero-order valence-corrected chi connectivity index (χ0v) is 15.6. The van der Waals surface area contributed by atoms with Crippen LogP contribution in [0.1, 0.15) is 27.9 Å². The Kier molecular flexibility index (Phi) is 5.08. The average molecular weight is 384 g/mol. The van der Waals surface area contributed by atoms with E-state index >= 15 is 0 Å². The van der Waals surface area contributed by atoms with E-state index in [1.54, 1.807) is 24.3 Å². The molecule has 0 amide bonds. The normalized spacial score (nSPS) is 10.5. The van der Waals surface area contributed by atoms with E-state index in [0.717, 1.165) is 10.6 Å². The molecular weight excluding hydrogens is 368 g/mol. The molecule has 0 aliphatic rings. The van der Waals surface area contributed by atoms with Gasteiger partial charge < -0.3 is 10.6 Å². The molecule has 2 N–H and O–H groups in total. The lowest BCUT2D eigenvalue weighted by atomic mass is 10.1. The maximum Gasteiger partial charge on any atom is 0.353 e. The van der Waals surface area contributed by atoms with Crippen LogP contribution in [0.4, 0.5) is 28.1 Å². The number of aromatic nitrogens is 3. The van der Waals surface area contributed by atoms with E-state index in [-0.39, 0.29) is 23.1 Å². The van der Waals surface area contributed by atoms with E-state index in [9.17, 15) is 14.9 Å². The SMILES string of the molecule is CC(=O)c1cccc(Nc2ncnc(Nc3nc(C)c(C)s3)c2[N+](=O)[O-])c1. The van der Waals surface area contributed by atoms with Gasteiger partial charge in [0.2, 0.25) is 11.6 Å². The van der Waals surface area contributed by atoms with Crippen molar-refractivity contribution in [2.24, 2.45) is 0 Å². The molecule has 10 heteroatoms. The van der Waals surface area contributed by atoms with E-state index in [1.165, 1.54) is 24.6 Å². The van der Waals surface area contributed by atoms with Crippen LogP contribution in [0.2, 0.25) is 0 Å². The molecule has 1 aromatic carbocycles. The van der Waals surface area contributed by atoms with Gasteiger partial charge in [-0.15, -0.1) is 11.3 Å². The third-order valence-corrected chi connectivity index (χ3v) is 4.78. The van der Waals surface area contributed by atoms with Crippen LogP contribution in [-0.4, -0.2) is 25.7 Å². The summed E-state index contributed by atoms with van der Waals surface area (Å²) < 4.78 is 0. The quantitative estimate of drug-likeness (QED) is 0.369. The van der Waals surface area contributed by atoms with Crippen LogP contribution in [0.3, 0.4) is 0 Å². The molecular formula is C17H16N6O3S. The second kappa shape index (κ2) is 7.46. The number of carbonyl (C=O) groups is 1. The lowest BCUT2D eigenvalue weighted by Crippen LogP contribution is -2.05. The Morgan fingerprint density at radius 2 is 1.89 bits per heavy atom. The summed E-state index contributed by atoms with van der Waals surface area (Å²) in [6, 6.07) is 6.65. The van der Waals surface area contributed by atoms with E-state index in [2.05, 4.69) is 25.6 Å². The lowest BCUT2D eigenvalue weighted by molar-refractivity contribution is -0.383. The molecule has 0 aliphatic heterocycles. The third-order valence-electron chi connectivity index (χ3n) is 3.79. The number of hydrogen-bond acceptors (Lipinski definition) is 9. The van der Waals surface area contributed by atoms with Crippen LogP contribution in [-0.2, 0) is 0 Å². The molecule has 3 rings (SSSR count). The Morgan fingerprint density at radius 3 is 2.48 bits per heavy atom. The highest BCUT2D eigenvalue weighted by Gasteiger charge is 2.24. The van der Waals surface area contributed by atoms with Crippen molar-refractivity contribution in [1.82, 2.24) is 15.0 Å². The van der Waals surface area contributed by atoms with Gasteiger partial charge in [-0.3, -0.25) is 14.9 Å². The number of hydrogen-bond donors (Lipinski definition) is 2. The van der Waals surface area contributed by atoms with Gasteiger partial charge in [-0.1, -0.05) is 12.1 Å². The molecule has 2 aromatic heterocycles. The Hall–Kier alpha value is -3.40. The highest BCUT2D eigenvalue weighted by Crippen LogP contribution is 2.34. The van der Waals surface area contributed by atoms with Crippen molar-refractivity contribution in [2.75, 3.05) is 10.6 Å². The smallest absolute Gasteiger partial charge is 0.334 e. The zero-order chi connectivity index (χ0) is 19.6. The van der Waals surface area contributed by atoms with E-state index in [1.807, 2.05) is 13.8 Å². The molecule has 0 bridgehead atoms. The Morgan fingerprint density at radius 1 is 1.19 bits per heavy atom. The lowest BCUT2D eigenvalue weighted by Gasteiger charge is -2.09. The summed E-state index contributed by atoms with van der Waals surface area (Å²) in [4.78, 5) is 35.9. The van der Waals surface area contributed by atoms with Gasteiger partial charge in [0.05, 0.1) is 10.6 Å². The minimum atomic E-state index is -0.563. The Bertz CT molecular complexity index is 1010. The first-order valence-electron chi connectivity index (χ1n) is 7.93. The molecule has 0 atom stereocenters. The fraction of sp³-hybridized carbons (Fsp3) is 0.176. The van der Waals surface area contributed by atoms with Gasteiger partial charge in [0.1, 0.15) is 6.33 Å². The second-order valence-corrected chi connectivity index (χ2v) is 6.93. The topological polar surface area (TPSA) is 123 Å². The van der Waals surface area contributed by atoms with Crippen molar-refractivity contribution >= 4 is 45.3 Å². The van der Waals surface area contributed by atoms with Crippen LogP contribution < -0.4 is 10.6 Å². The first-order valence-corrected chi connectivity index (χ1v) is 8.75. The van der Waals surface area contributed by atoms with Crippen LogP contribution in [0, 0.1) is 24.0 Å². The van der Waals surface area contributed by atoms with Gasteiger partial charge in [0.25, 0.3) is 0 Å². The summed E-state index contributed by atoms with van der Waals surface area (Å²) in [6.07, 6.45) is 1.22. The molecule has 9 nitrogen and oxygen atoms in total. The number of anilines is 4. The fourth-order valence-electron chi connectivity index (χ4n) is 2.31. The number of rotatable bonds is 6. The predicted molar refractivity (Wildman–Crippen MR) is 103 cm³/mol. The number of thiazole rings is 1. The molecule has 0 unspecified atom stereocenters. The van der Waals surface area contributed by atoms with E-state index in [0.29, 0.717) is 16.4 Å². The molecule has 0 spiro atoms. The van der Waals surface area contributed by atoms with Gasteiger partial charge in [-0.05, 0) is 32.9 Å². The monoisotopic (exact) mass is 384 g/mol. The number of nitrogens with zero attached hydrogens (tertiary/aromatic N) is 4. The third kappa shape index (κ3) is 4.06. The molecule has 27 heavy (non-hydrogen) atoms. The summed E-state index contributed by atoms with van der Waals surface area (Å²) in [5.41, 5.74) is 1.54. The van der Waals surface area contributed by atoms with Crippen molar-refractivity contribution in [2.45, 2.75) is 20.8 Å². The Labute approximate surface area is 158 Å². The number of benzene rings is 1. The minimum absolute atomic E-state index is 0.0169. The number of carbonyl (C=O) groups excluding carboxylic acids is 1. The van der Waals surface area contributed by atoms with Crippen LogP contribution in [0.15, 0.2) is 30.6 Å². The maximum absolute atomic E-state index is 11.6. The molecule has 0 saturated heterocycles. The fourth-order valence-corrected chi connectivity index (χ4v) is 3.13. The zero-order valence-electron chi connectivity index (χ0n) is 14.8. The number of nitrogens with one attached hydrogen (secondary N) is 2. The standard InChI is InChI=1S/C17H16N6O3S/c1-9-11(3)27-17(20-9)22-16-14(23(25)26)15(18-8-19-16)21-13-6-4-5-12(7-13)10(2)24/h4-8H,1-3H3,(H2,18,19,20,21,22). The first kappa shape index (κ1) is 18.4. The molecule has 0 aliphatic carbocycles. The summed E-state index contributed by atoms with van der Waals surface area (Å²) in [7, 11) is 0. The summed E-state index contributed by atoms with van der Waals surface area (Å²) in [6.45, 7) is 5.23. The van der Waals surface area contributed by atoms with E-state index < -0.39 is 4.92 Å². The number of Topliss-reactive ketones (excluding diaryl/α,β-unsaturated/α-hetero) is 1. The van der Waals surface area contributed by atoms with Gasteiger partial charge in [-0.25, -0.2) is 15.0 Å². The minimum Gasteiger partial charge on any atom is -0.334 e. The van der Waals surface area contributed by atoms with Crippen LogP contribution >= 0.6 is 11.3 Å². The summed E-state index contributed by atoms with van der Waals surface area (Å²) >= 11 is 1.38. The van der Waals surface area contributed by atoms with Crippen molar-refractivity contribution in [3.8, 4) is 0 Å². The highest BCUT2D eigenvalue weighted by molar-refractivity contribution is 7.15. The molecule has 0 saturated carbocycles. The van der Waals surface area contributed by atoms with Gasteiger partial charge in [0, 0.05) is 16.1 Å². The largest absolute Gasteiger partial charge is 0.353 e. The molecule has 138 valence electrons. The van der Waals surface area contributed by atoms with Gasteiger partial charge in [0.15, 0.2) is 10.9 Å². The number of nitro groups is 1. The summed E-state index contributed by atoms with van der Waals surface area (Å²) in [5, 5.41) is 17.9. The molecule has 3 aromatic rings. The number of aryl methyl sites for hydroxylation is 2. The second-order valence-electron chi connectivity index (χ2n) is 5.72. The van der Waals surface area contributed by atoms with E-state index in [4.69, 9.17) is 0 Å².